The summed E-state index contributed by atoms with van der Waals surface area (Å²) in [5.74, 6) is -0.810. The standard InChI is InChI=1S/C24H19N3O4S/c28-20(25-24-27-26-22(31-24)18-12-6-2-7-13-18)16-30-23(29)21(17-10-4-1-5-11-17)32-19-14-8-3-9-15-19/h1-15,21H,16H2,(H,25,27,28)/t21-/m0/s1. The van der Waals surface area contributed by atoms with Gasteiger partial charge in [0.15, 0.2) is 6.61 Å². The molecule has 1 aromatic heterocycles. The summed E-state index contributed by atoms with van der Waals surface area (Å²) in [6, 6.07) is 27.9. The maximum Gasteiger partial charge on any atom is 0.324 e. The van der Waals surface area contributed by atoms with Gasteiger partial charge in [-0.05, 0) is 29.8 Å². The number of hydrogen-bond acceptors (Lipinski definition) is 7. The fourth-order valence-electron chi connectivity index (χ4n) is 2.85. The van der Waals surface area contributed by atoms with Crippen LogP contribution in [0.2, 0.25) is 0 Å². The van der Waals surface area contributed by atoms with E-state index in [4.69, 9.17) is 9.15 Å². The summed E-state index contributed by atoms with van der Waals surface area (Å²) < 4.78 is 10.7. The number of carbonyl (C=O) groups excluding carboxylic acids is 2. The van der Waals surface area contributed by atoms with Crippen LogP contribution in [0.15, 0.2) is 100 Å². The fourth-order valence-corrected chi connectivity index (χ4v) is 3.90. The average molecular weight is 446 g/mol. The Morgan fingerprint density at radius 2 is 1.50 bits per heavy atom. The first-order valence-electron chi connectivity index (χ1n) is 9.81. The SMILES string of the molecule is O=C(COC(=O)[C@@H](Sc1ccccc1)c1ccccc1)Nc1nnc(-c2ccccc2)o1. The first kappa shape index (κ1) is 21.3. The maximum atomic E-state index is 12.8. The highest BCUT2D eigenvalue weighted by atomic mass is 32.2. The monoisotopic (exact) mass is 445 g/mol. The van der Waals surface area contributed by atoms with E-state index >= 15 is 0 Å². The van der Waals surface area contributed by atoms with Crippen molar-refractivity contribution in [2.24, 2.45) is 0 Å². The molecule has 0 radical (unpaired) electrons. The Balaban J connectivity index is 1.37. The van der Waals surface area contributed by atoms with Crippen molar-refractivity contribution in [2.75, 3.05) is 11.9 Å². The van der Waals surface area contributed by atoms with Gasteiger partial charge in [-0.15, -0.1) is 16.9 Å². The number of rotatable bonds is 8. The second-order valence-corrected chi connectivity index (χ2v) is 7.83. The van der Waals surface area contributed by atoms with Gasteiger partial charge in [0, 0.05) is 10.5 Å². The Morgan fingerprint density at radius 1 is 0.875 bits per heavy atom. The van der Waals surface area contributed by atoms with Gasteiger partial charge in [0.05, 0.1) is 0 Å². The molecular weight excluding hydrogens is 426 g/mol. The van der Waals surface area contributed by atoms with E-state index in [1.165, 1.54) is 11.8 Å². The molecule has 0 aliphatic carbocycles. The first-order valence-corrected chi connectivity index (χ1v) is 10.7. The number of nitrogens with zero attached hydrogens (tertiary/aromatic N) is 2. The number of nitrogens with one attached hydrogen (secondary N) is 1. The van der Waals surface area contributed by atoms with Gasteiger partial charge in [0.2, 0.25) is 5.89 Å². The van der Waals surface area contributed by atoms with Gasteiger partial charge in [-0.1, -0.05) is 71.8 Å². The van der Waals surface area contributed by atoms with Crippen molar-refractivity contribution in [2.45, 2.75) is 10.1 Å². The van der Waals surface area contributed by atoms with Crippen LogP contribution < -0.4 is 5.32 Å². The smallest absolute Gasteiger partial charge is 0.324 e. The van der Waals surface area contributed by atoms with Crippen LogP contribution in [-0.2, 0) is 14.3 Å². The molecule has 1 atom stereocenters. The van der Waals surface area contributed by atoms with E-state index in [0.717, 1.165) is 16.0 Å². The molecule has 8 heteroatoms. The van der Waals surface area contributed by atoms with Crippen LogP contribution in [0.5, 0.6) is 0 Å². The molecule has 4 rings (SSSR count). The molecule has 0 unspecified atom stereocenters. The molecule has 0 aliphatic rings. The van der Waals surface area contributed by atoms with Gasteiger partial charge in [-0.2, -0.15) is 0 Å². The number of hydrogen-bond donors (Lipinski definition) is 1. The van der Waals surface area contributed by atoms with Gasteiger partial charge >= 0.3 is 12.0 Å². The van der Waals surface area contributed by atoms with Crippen molar-refractivity contribution in [1.82, 2.24) is 10.2 Å². The predicted octanol–water partition coefficient (Wildman–Crippen LogP) is 4.75. The van der Waals surface area contributed by atoms with E-state index in [1.54, 1.807) is 0 Å². The summed E-state index contributed by atoms with van der Waals surface area (Å²) in [4.78, 5) is 26.0. The molecule has 0 bridgehead atoms. The number of carbonyl (C=O) groups is 2. The van der Waals surface area contributed by atoms with Crippen LogP contribution in [0.25, 0.3) is 11.5 Å². The number of ether oxygens (including phenoxy) is 1. The molecule has 3 aromatic carbocycles. The molecule has 0 spiro atoms. The second kappa shape index (κ2) is 10.4. The van der Waals surface area contributed by atoms with Crippen LogP contribution >= 0.6 is 11.8 Å². The van der Waals surface area contributed by atoms with Crippen LogP contribution in [0.1, 0.15) is 10.8 Å². The maximum absolute atomic E-state index is 12.8. The molecule has 4 aromatic rings. The zero-order chi connectivity index (χ0) is 22.2. The van der Waals surface area contributed by atoms with E-state index < -0.39 is 23.7 Å². The van der Waals surface area contributed by atoms with E-state index in [0.29, 0.717) is 0 Å². The molecule has 0 saturated carbocycles. The second-order valence-electron chi connectivity index (χ2n) is 6.66. The van der Waals surface area contributed by atoms with Gasteiger partial charge in [0.25, 0.3) is 5.91 Å². The fraction of sp³-hybridized carbons (Fsp3) is 0.0833. The summed E-state index contributed by atoms with van der Waals surface area (Å²) in [5, 5.41) is 9.55. The Morgan fingerprint density at radius 3 is 2.19 bits per heavy atom. The topological polar surface area (TPSA) is 94.3 Å². The summed E-state index contributed by atoms with van der Waals surface area (Å²) >= 11 is 1.36. The van der Waals surface area contributed by atoms with E-state index in [1.807, 2.05) is 91.0 Å². The molecule has 160 valence electrons. The molecule has 1 amide bonds. The van der Waals surface area contributed by atoms with Crippen molar-refractivity contribution in [3.05, 3.63) is 96.6 Å². The minimum Gasteiger partial charge on any atom is -0.454 e. The number of amides is 1. The van der Waals surface area contributed by atoms with Crippen molar-refractivity contribution in [1.29, 1.82) is 0 Å². The lowest BCUT2D eigenvalue weighted by Gasteiger charge is -2.16. The molecule has 1 N–H and O–H groups in total. The third-order valence-electron chi connectivity index (χ3n) is 4.35. The molecule has 7 nitrogen and oxygen atoms in total. The van der Waals surface area contributed by atoms with Crippen molar-refractivity contribution >= 4 is 29.7 Å². The molecule has 0 saturated heterocycles. The number of benzene rings is 3. The molecule has 1 heterocycles. The molecular formula is C24H19N3O4S. The van der Waals surface area contributed by atoms with Gasteiger partial charge in [-0.25, -0.2) is 0 Å². The van der Waals surface area contributed by atoms with Crippen LogP contribution in [0.3, 0.4) is 0 Å². The molecule has 32 heavy (non-hydrogen) atoms. The lowest BCUT2D eigenvalue weighted by atomic mass is 10.1. The minimum absolute atomic E-state index is 0.0665. The quantitative estimate of drug-likeness (QED) is 0.309. The Labute approximate surface area is 188 Å². The van der Waals surface area contributed by atoms with E-state index in [2.05, 4.69) is 15.5 Å². The number of aromatic nitrogens is 2. The Bertz CT molecular complexity index is 1170. The zero-order valence-electron chi connectivity index (χ0n) is 16.9. The zero-order valence-corrected chi connectivity index (χ0v) is 17.7. The van der Waals surface area contributed by atoms with E-state index in [9.17, 15) is 9.59 Å². The lowest BCUT2D eigenvalue weighted by Crippen LogP contribution is -2.23. The predicted molar refractivity (Wildman–Crippen MR) is 121 cm³/mol. The highest BCUT2D eigenvalue weighted by Gasteiger charge is 2.24. The Kier molecular flexibility index (Phi) is 6.94. The summed E-state index contributed by atoms with van der Waals surface area (Å²) in [6.45, 7) is -0.472. The Hall–Kier alpha value is -3.91. The first-order chi connectivity index (χ1) is 15.7. The number of esters is 1. The van der Waals surface area contributed by atoms with Gasteiger partial charge in [-0.3, -0.25) is 14.9 Å². The number of thioether (sulfide) groups is 1. The molecule has 0 fully saturated rings. The minimum atomic E-state index is -0.612. The highest BCUT2D eigenvalue weighted by molar-refractivity contribution is 8.00. The lowest BCUT2D eigenvalue weighted by molar-refractivity contribution is -0.146. The van der Waals surface area contributed by atoms with Gasteiger partial charge < -0.3 is 9.15 Å². The van der Waals surface area contributed by atoms with Crippen molar-refractivity contribution in [3.8, 4) is 11.5 Å². The van der Waals surface area contributed by atoms with Crippen molar-refractivity contribution in [3.63, 3.8) is 0 Å². The van der Waals surface area contributed by atoms with E-state index in [-0.39, 0.29) is 11.9 Å². The average Bonchev–Trinajstić information content (AvgIpc) is 3.31. The van der Waals surface area contributed by atoms with Crippen LogP contribution in [0.4, 0.5) is 6.01 Å². The third-order valence-corrected chi connectivity index (χ3v) is 5.60. The molecule has 0 aliphatic heterocycles. The summed E-state index contributed by atoms with van der Waals surface area (Å²) in [6.07, 6.45) is 0. The van der Waals surface area contributed by atoms with Gasteiger partial charge in [0.1, 0.15) is 5.25 Å². The summed E-state index contributed by atoms with van der Waals surface area (Å²) in [5.41, 5.74) is 1.52. The van der Waals surface area contributed by atoms with Crippen molar-refractivity contribution < 1.29 is 18.7 Å². The normalized spacial score (nSPS) is 11.5. The largest absolute Gasteiger partial charge is 0.454 e. The van der Waals surface area contributed by atoms with Crippen LogP contribution in [0, 0.1) is 0 Å². The third kappa shape index (κ3) is 5.61. The number of anilines is 1. The van der Waals surface area contributed by atoms with Crippen LogP contribution in [-0.4, -0.2) is 28.7 Å². The highest BCUT2D eigenvalue weighted by Crippen LogP contribution is 2.36. The summed E-state index contributed by atoms with van der Waals surface area (Å²) in [7, 11) is 0.